The minimum Gasteiger partial charge on any atom is -0.481 e. The highest BCUT2D eigenvalue weighted by atomic mass is 35.5. The van der Waals surface area contributed by atoms with Crippen LogP contribution in [0.25, 0.3) is 22.4 Å². The largest absolute Gasteiger partial charge is 0.481 e. The number of carbonyl (C=O) groups excluding carboxylic acids is 1. The van der Waals surface area contributed by atoms with Gasteiger partial charge in [0.25, 0.3) is 0 Å². The molecule has 3 aromatic heterocycles. The van der Waals surface area contributed by atoms with E-state index >= 15 is 0 Å². The van der Waals surface area contributed by atoms with Crippen LogP contribution in [0.5, 0.6) is 0 Å². The van der Waals surface area contributed by atoms with Crippen LogP contribution in [0.2, 0.25) is 5.02 Å². The zero-order valence-corrected chi connectivity index (χ0v) is 17.8. The molecule has 1 amide bonds. The molecule has 0 aliphatic carbocycles. The van der Waals surface area contributed by atoms with Gasteiger partial charge in [-0.3, -0.25) is 9.59 Å². The lowest BCUT2D eigenvalue weighted by atomic mass is 10.0. The van der Waals surface area contributed by atoms with E-state index < -0.39 is 11.9 Å². The summed E-state index contributed by atoms with van der Waals surface area (Å²) in [6.45, 7) is 2.70. The lowest BCUT2D eigenvalue weighted by Gasteiger charge is -2.33. The van der Waals surface area contributed by atoms with Gasteiger partial charge in [0.05, 0.1) is 10.9 Å². The topological polar surface area (TPSA) is 124 Å². The highest BCUT2D eigenvalue weighted by molar-refractivity contribution is 6.31. The number of carboxylic acid groups (broad SMARTS) is 1. The molecule has 162 valence electrons. The summed E-state index contributed by atoms with van der Waals surface area (Å²) in [6.07, 6.45) is 6.81. The third-order valence-electron chi connectivity index (χ3n) is 5.42. The number of piperidine rings is 1. The maximum Gasteiger partial charge on any atom is 0.306 e. The van der Waals surface area contributed by atoms with Crippen molar-refractivity contribution in [2.75, 3.05) is 18.4 Å². The number of rotatable bonds is 6. The number of aromatic nitrogens is 4. The molecular weight excluding hydrogens is 420 g/mol. The van der Waals surface area contributed by atoms with E-state index in [9.17, 15) is 9.59 Å². The molecule has 0 aromatic carbocycles. The summed E-state index contributed by atoms with van der Waals surface area (Å²) in [5.74, 6) is -0.577. The lowest BCUT2D eigenvalue weighted by molar-refractivity contribution is -0.145. The smallest absolute Gasteiger partial charge is 0.306 e. The normalized spacial score (nSPS) is 17.5. The van der Waals surface area contributed by atoms with Crippen LogP contribution < -0.4 is 5.32 Å². The van der Waals surface area contributed by atoms with E-state index in [1.54, 1.807) is 36.5 Å². The van der Waals surface area contributed by atoms with Crippen molar-refractivity contribution in [3.63, 3.8) is 0 Å². The molecule has 10 heteroatoms. The van der Waals surface area contributed by atoms with Crippen LogP contribution in [-0.4, -0.2) is 61.0 Å². The molecule has 0 bridgehead atoms. The Bertz CT molecular complexity index is 1120. The Balaban J connectivity index is 1.47. The van der Waals surface area contributed by atoms with Crippen LogP contribution in [0.4, 0.5) is 5.82 Å². The number of nitrogens with zero attached hydrogens (tertiary/aromatic N) is 4. The van der Waals surface area contributed by atoms with Gasteiger partial charge in [-0.25, -0.2) is 15.0 Å². The number of aromatic amines is 1. The number of carboxylic acids is 1. The Morgan fingerprint density at radius 1 is 1.42 bits per heavy atom. The van der Waals surface area contributed by atoms with Gasteiger partial charge in [-0.1, -0.05) is 18.5 Å². The molecule has 0 saturated carbocycles. The predicted molar refractivity (Wildman–Crippen MR) is 117 cm³/mol. The summed E-state index contributed by atoms with van der Waals surface area (Å²) in [7, 11) is 0. The molecule has 1 aliphatic heterocycles. The first-order valence-electron chi connectivity index (χ1n) is 10.1. The first-order valence-corrected chi connectivity index (χ1v) is 10.5. The summed E-state index contributed by atoms with van der Waals surface area (Å²) in [6, 6.07) is 3.64. The maximum atomic E-state index is 12.5. The van der Waals surface area contributed by atoms with Gasteiger partial charge in [-0.05, 0) is 25.0 Å². The number of hydrogen-bond acceptors (Lipinski definition) is 6. The number of carbonyl (C=O) groups is 2. The van der Waals surface area contributed by atoms with Crippen LogP contribution in [0, 0.1) is 5.92 Å². The van der Waals surface area contributed by atoms with Crippen molar-refractivity contribution in [1.29, 1.82) is 0 Å². The Hall–Kier alpha value is -3.20. The summed E-state index contributed by atoms with van der Waals surface area (Å²) in [5, 5.41) is 13.8. The number of aliphatic carboxylic acids is 1. The molecule has 3 aromatic rings. The second-order valence-electron chi connectivity index (χ2n) is 7.78. The van der Waals surface area contributed by atoms with Crippen LogP contribution in [0.15, 0.2) is 30.7 Å². The van der Waals surface area contributed by atoms with Gasteiger partial charge < -0.3 is 20.3 Å². The summed E-state index contributed by atoms with van der Waals surface area (Å²) in [4.78, 5) is 41.6. The number of amides is 1. The number of anilines is 1. The molecular formula is C21H23ClN6O3. The minimum absolute atomic E-state index is 0.0108. The maximum absolute atomic E-state index is 12.5. The Labute approximate surface area is 183 Å². The number of fused-ring (bicyclic) bond motifs is 1. The fraction of sp³-hybridized carbons (Fsp3) is 0.381. The molecule has 1 aliphatic rings. The van der Waals surface area contributed by atoms with Gasteiger partial charge in [0.1, 0.15) is 11.5 Å². The molecule has 0 radical (unpaired) electrons. The Morgan fingerprint density at radius 3 is 3.06 bits per heavy atom. The number of halogens is 1. The van der Waals surface area contributed by atoms with Gasteiger partial charge in [0.15, 0.2) is 5.82 Å². The van der Waals surface area contributed by atoms with E-state index in [2.05, 4.69) is 25.3 Å². The van der Waals surface area contributed by atoms with Crippen molar-refractivity contribution in [3.05, 3.63) is 35.7 Å². The van der Waals surface area contributed by atoms with Gasteiger partial charge in [0, 0.05) is 55.1 Å². The molecule has 4 heterocycles. The number of H-pyrrole nitrogens is 1. The van der Waals surface area contributed by atoms with Crippen LogP contribution >= 0.6 is 11.6 Å². The van der Waals surface area contributed by atoms with Gasteiger partial charge >= 0.3 is 5.97 Å². The van der Waals surface area contributed by atoms with Crippen molar-refractivity contribution in [2.24, 2.45) is 5.92 Å². The Morgan fingerprint density at radius 2 is 2.26 bits per heavy atom. The third kappa shape index (κ3) is 4.77. The minimum atomic E-state index is -0.956. The van der Waals surface area contributed by atoms with Crippen LogP contribution in [0.3, 0.4) is 0 Å². The van der Waals surface area contributed by atoms with E-state index in [0.717, 1.165) is 23.8 Å². The first kappa shape index (κ1) is 21.0. The van der Waals surface area contributed by atoms with E-state index in [1.807, 2.05) is 6.07 Å². The summed E-state index contributed by atoms with van der Waals surface area (Å²) < 4.78 is 0. The average molecular weight is 443 g/mol. The SMILES string of the molecule is C[C@@H](CC(=O)N1CCCC(Nc2ccnc(-c3c[nH]c4ncc(Cl)cc34)n2)C1)C(=O)O. The molecule has 1 unspecified atom stereocenters. The molecule has 0 spiro atoms. The fourth-order valence-corrected chi connectivity index (χ4v) is 3.90. The van der Waals surface area contributed by atoms with E-state index in [0.29, 0.717) is 35.4 Å². The van der Waals surface area contributed by atoms with Gasteiger partial charge in [-0.15, -0.1) is 0 Å². The molecule has 1 saturated heterocycles. The van der Waals surface area contributed by atoms with Crippen molar-refractivity contribution >= 4 is 40.3 Å². The molecule has 2 atom stereocenters. The summed E-state index contributed by atoms with van der Waals surface area (Å²) in [5.41, 5.74) is 1.51. The highest BCUT2D eigenvalue weighted by Crippen LogP contribution is 2.28. The Kier molecular flexibility index (Phi) is 6.03. The van der Waals surface area contributed by atoms with Crippen molar-refractivity contribution in [1.82, 2.24) is 24.8 Å². The number of nitrogens with one attached hydrogen (secondary N) is 2. The lowest BCUT2D eigenvalue weighted by Crippen LogP contribution is -2.45. The molecule has 4 rings (SSSR count). The fourth-order valence-electron chi connectivity index (χ4n) is 3.74. The van der Waals surface area contributed by atoms with Crippen molar-refractivity contribution in [3.8, 4) is 11.4 Å². The zero-order chi connectivity index (χ0) is 22.0. The second-order valence-corrected chi connectivity index (χ2v) is 8.22. The van der Waals surface area contributed by atoms with Crippen molar-refractivity contribution < 1.29 is 14.7 Å². The number of likely N-dealkylation sites (tertiary alicyclic amines) is 1. The summed E-state index contributed by atoms with van der Waals surface area (Å²) >= 11 is 6.09. The van der Waals surface area contributed by atoms with Crippen LogP contribution in [0.1, 0.15) is 26.2 Å². The van der Waals surface area contributed by atoms with Crippen molar-refractivity contribution in [2.45, 2.75) is 32.2 Å². The van der Waals surface area contributed by atoms with E-state index in [1.165, 1.54) is 0 Å². The van der Waals surface area contributed by atoms with E-state index in [4.69, 9.17) is 16.7 Å². The quantitative estimate of drug-likeness (QED) is 0.535. The molecule has 1 fully saturated rings. The third-order valence-corrected chi connectivity index (χ3v) is 5.63. The standard InChI is InChI=1S/C21H23ClN6O3/c1-12(21(30)31)7-18(29)28-6-2-3-14(11-28)26-17-4-5-23-20(27-17)16-10-25-19-15(16)8-13(22)9-24-19/h4-5,8-10,12,14H,2-3,6-7,11H2,1H3,(H,24,25)(H,30,31)(H,23,26,27)/t12-,14?/m0/s1. The zero-order valence-electron chi connectivity index (χ0n) is 17.0. The van der Waals surface area contributed by atoms with Crippen LogP contribution in [-0.2, 0) is 9.59 Å². The number of hydrogen-bond donors (Lipinski definition) is 3. The molecule has 31 heavy (non-hydrogen) atoms. The van der Waals surface area contributed by atoms with Gasteiger partial charge in [-0.2, -0.15) is 0 Å². The second kappa shape index (κ2) is 8.89. The number of pyridine rings is 1. The molecule has 9 nitrogen and oxygen atoms in total. The van der Waals surface area contributed by atoms with Gasteiger partial charge in [0.2, 0.25) is 5.91 Å². The highest BCUT2D eigenvalue weighted by Gasteiger charge is 2.26. The molecule has 3 N–H and O–H groups in total. The average Bonchev–Trinajstić information content (AvgIpc) is 3.17. The monoisotopic (exact) mass is 442 g/mol. The predicted octanol–water partition coefficient (Wildman–Crippen LogP) is 3.19. The first-order chi connectivity index (χ1) is 14.9. The van der Waals surface area contributed by atoms with E-state index in [-0.39, 0.29) is 18.4 Å².